The van der Waals surface area contributed by atoms with E-state index in [1.165, 1.54) is 12.4 Å². The van der Waals surface area contributed by atoms with Crippen LogP contribution >= 0.6 is 0 Å². The number of ether oxygens (including phenoxy) is 2. The first-order valence-electron chi connectivity index (χ1n) is 25.0. The van der Waals surface area contributed by atoms with Crippen LogP contribution in [0.5, 0.6) is 23.0 Å². The summed E-state index contributed by atoms with van der Waals surface area (Å²) in [5.41, 5.74) is 8.00. The summed E-state index contributed by atoms with van der Waals surface area (Å²) in [6, 6.07) is 15.4. The van der Waals surface area contributed by atoms with Gasteiger partial charge in [0.15, 0.2) is 29.1 Å². The maximum Gasteiger partial charge on any atom is 0.335 e. The van der Waals surface area contributed by atoms with E-state index in [9.17, 15) is 9.59 Å². The number of rotatable bonds is 11. The molecule has 2 saturated heterocycles. The molecule has 0 radical (unpaired) electrons. The number of nitrogens with zero attached hydrogens (tertiary/aromatic N) is 14. The molecule has 10 aromatic rings. The van der Waals surface area contributed by atoms with Gasteiger partial charge in [0.05, 0.1) is 58.2 Å². The van der Waals surface area contributed by atoms with E-state index in [1.54, 1.807) is 95.1 Å². The van der Waals surface area contributed by atoms with Crippen molar-refractivity contribution in [3.63, 3.8) is 0 Å². The first kappa shape index (κ1) is 47.7. The van der Waals surface area contributed by atoms with Crippen molar-refractivity contribution in [1.82, 2.24) is 64.6 Å². The molecule has 2 aliphatic rings. The van der Waals surface area contributed by atoms with Crippen LogP contribution in [0.1, 0.15) is 59.8 Å². The van der Waals surface area contributed by atoms with Gasteiger partial charge in [-0.2, -0.15) is 14.6 Å². The Morgan fingerprint density at radius 3 is 1.72 bits per heavy atom. The van der Waals surface area contributed by atoms with Crippen LogP contribution in [0, 0.1) is 13.8 Å². The van der Waals surface area contributed by atoms with Crippen molar-refractivity contribution in [3.8, 4) is 28.8 Å². The molecule has 8 aromatic heterocycles. The van der Waals surface area contributed by atoms with Gasteiger partial charge in [-0.05, 0) is 65.8 Å². The molecule has 0 aliphatic carbocycles. The van der Waals surface area contributed by atoms with E-state index >= 15 is 0 Å². The number of carbonyl (C=O) groups is 2. The molecule has 10 heterocycles. The first-order chi connectivity index (χ1) is 36.9. The number of hydrogen-bond acceptors (Lipinski definition) is 17. The molecule has 0 bridgehead atoms. The zero-order valence-corrected chi connectivity index (χ0v) is 42.5. The summed E-state index contributed by atoms with van der Waals surface area (Å²) < 4.78 is 18.3. The quantitative estimate of drug-likeness (QED) is 0.102. The number of anilines is 4. The number of nitrogens with one attached hydrogen (secondary N) is 4. The van der Waals surface area contributed by atoms with Gasteiger partial charge in [0.2, 0.25) is 0 Å². The molecule has 12 rings (SSSR count). The van der Waals surface area contributed by atoms with E-state index in [4.69, 9.17) is 34.5 Å². The van der Waals surface area contributed by atoms with E-state index in [1.807, 2.05) is 36.6 Å². The molecule has 0 spiro atoms. The molecule has 0 unspecified atom stereocenters. The van der Waals surface area contributed by atoms with Crippen molar-refractivity contribution in [3.05, 3.63) is 139 Å². The third-order valence-electron chi connectivity index (χ3n) is 13.4. The van der Waals surface area contributed by atoms with Crippen molar-refractivity contribution < 1.29 is 23.7 Å². The topological polar surface area (TPSA) is 236 Å². The Morgan fingerprint density at radius 2 is 1.14 bits per heavy atom. The molecule has 22 heteroatoms. The van der Waals surface area contributed by atoms with Crippen LogP contribution in [0.3, 0.4) is 0 Å². The molecule has 22 nitrogen and oxygen atoms in total. The number of amides is 2. The van der Waals surface area contributed by atoms with Crippen LogP contribution in [0.15, 0.2) is 117 Å². The predicted octanol–water partition coefficient (Wildman–Crippen LogP) is 6.41. The Bertz CT molecular complexity index is 3870. The molecule has 0 saturated carbocycles. The Labute approximate surface area is 435 Å². The van der Waals surface area contributed by atoms with Gasteiger partial charge in [-0.3, -0.25) is 29.5 Å². The predicted molar refractivity (Wildman–Crippen MR) is 285 cm³/mol. The Morgan fingerprint density at radius 1 is 0.605 bits per heavy atom. The van der Waals surface area contributed by atoms with Gasteiger partial charge >= 0.3 is 5.82 Å². The van der Waals surface area contributed by atoms with Gasteiger partial charge in [-0.1, -0.05) is 9.78 Å². The minimum absolute atomic E-state index is 0.271. The summed E-state index contributed by atoms with van der Waals surface area (Å²) in [6.07, 6.45) is 18.2. The fraction of sp³-hybridized carbons (Fsp3) is 0.259. The number of aryl methyl sites for hydroxylation is 2. The number of imidazole rings is 2. The lowest BCUT2D eigenvalue weighted by Gasteiger charge is -2.38. The van der Waals surface area contributed by atoms with E-state index in [0.29, 0.717) is 90.4 Å². The highest BCUT2D eigenvalue weighted by atomic mass is 16.5. The lowest BCUT2D eigenvalue weighted by atomic mass is 10.1. The minimum Gasteiger partial charge on any atom is -0.449 e. The molecule has 2 aliphatic heterocycles. The number of carbonyl (C=O) groups excluding carboxylic acids is 2. The summed E-state index contributed by atoms with van der Waals surface area (Å²) >= 11 is 0. The standard InChI is InChI=1S/C54H52N18O4/c1-30-22-68(23-31(2)62-30)42-9-7-40(46-48(42)57-17-15-55-46)52(73)66-36-19-44(50-64-34(5)26-70(50)27-36)76-39-12-14-61-72(29-39)54-35(6)65-51-45(75-38-11-13-59-60-21-38)20-37(28-71(51)54)67-53(74)41-8-10-43(49-47(41)56-16-18-58-49)69-24-32(3)63-33(4)25-69/h7-21,26-33,62-63H,22-25H2,1-6H3,(H-,66,67,73,74)/p+1/t30-,31-,32-,33+/m1/s1. The summed E-state index contributed by atoms with van der Waals surface area (Å²) in [6.45, 7) is 15.5. The van der Waals surface area contributed by atoms with Gasteiger partial charge in [-0.25, -0.2) is 9.97 Å². The molecular weight excluding hydrogens is 965 g/mol. The number of hydrogen-bond donors (Lipinski definition) is 4. The lowest BCUT2D eigenvalue weighted by molar-refractivity contribution is -0.664. The van der Waals surface area contributed by atoms with Crippen LogP contribution in [-0.4, -0.2) is 116 Å². The van der Waals surface area contributed by atoms with Gasteiger partial charge in [0, 0.05) is 112 Å². The third-order valence-corrected chi connectivity index (χ3v) is 13.4. The fourth-order valence-electron chi connectivity index (χ4n) is 10.5. The summed E-state index contributed by atoms with van der Waals surface area (Å²) in [5, 5.41) is 25.9. The molecule has 382 valence electrons. The first-order valence-corrected chi connectivity index (χ1v) is 25.0. The van der Waals surface area contributed by atoms with Crippen molar-refractivity contribution in [2.75, 3.05) is 46.6 Å². The molecule has 4 atom stereocenters. The number of pyridine rings is 2. The number of benzene rings is 2. The molecule has 2 fully saturated rings. The second-order valence-corrected chi connectivity index (χ2v) is 19.5. The van der Waals surface area contributed by atoms with Crippen molar-refractivity contribution in [1.29, 1.82) is 0 Å². The van der Waals surface area contributed by atoms with Gasteiger partial charge in [0.25, 0.3) is 17.5 Å². The minimum atomic E-state index is -0.399. The van der Waals surface area contributed by atoms with Gasteiger partial charge in [-0.15, -0.1) is 0 Å². The van der Waals surface area contributed by atoms with E-state index in [2.05, 4.69) is 78.9 Å². The Balaban J connectivity index is 0.864. The van der Waals surface area contributed by atoms with Gasteiger partial charge < -0.3 is 44.9 Å². The molecule has 2 amide bonds. The van der Waals surface area contributed by atoms with Crippen molar-refractivity contribution >= 4 is 67.9 Å². The normalized spacial score (nSPS) is 17.9. The molecule has 2 aromatic carbocycles. The Kier molecular flexibility index (Phi) is 12.3. The van der Waals surface area contributed by atoms with E-state index in [-0.39, 0.29) is 30.1 Å². The number of fused-ring (bicyclic) bond motifs is 4. The van der Waals surface area contributed by atoms with Crippen LogP contribution in [0.2, 0.25) is 0 Å². The average Bonchev–Trinajstić information content (AvgIpc) is 3.98. The largest absolute Gasteiger partial charge is 0.449 e. The maximum atomic E-state index is 14.4. The zero-order chi connectivity index (χ0) is 52.2. The summed E-state index contributed by atoms with van der Waals surface area (Å²) in [4.78, 5) is 61.7. The van der Waals surface area contributed by atoms with Crippen LogP contribution in [0.4, 0.5) is 22.7 Å². The maximum absolute atomic E-state index is 14.4. The molecular formula is C54H53N18O4+. The number of aromatic nitrogens is 12. The van der Waals surface area contributed by atoms with Gasteiger partial charge in [0.1, 0.15) is 39.7 Å². The highest BCUT2D eigenvalue weighted by Crippen LogP contribution is 2.35. The molecule has 4 N–H and O–H groups in total. The van der Waals surface area contributed by atoms with Crippen molar-refractivity contribution in [2.24, 2.45) is 0 Å². The second-order valence-electron chi connectivity index (χ2n) is 19.5. The highest BCUT2D eigenvalue weighted by Gasteiger charge is 2.29. The van der Waals surface area contributed by atoms with Crippen molar-refractivity contribution in [2.45, 2.75) is 65.7 Å². The zero-order valence-electron chi connectivity index (χ0n) is 42.5. The molecule has 76 heavy (non-hydrogen) atoms. The van der Waals surface area contributed by atoms with Crippen LogP contribution in [-0.2, 0) is 0 Å². The Hall–Kier alpha value is -9.28. The summed E-state index contributed by atoms with van der Waals surface area (Å²) in [5.74, 6) is 1.27. The third kappa shape index (κ3) is 9.23. The second kappa shape index (κ2) is 19.5. The van der Waals surface area contributed by atoms with Crippen LogP contribution < -0.4 is 45.2 Å². The summed E-state index contributed by atoms with van der Waals surface area (Å²) in [7, 11) is 0. The SMILES string of the molecule is Cc1cn2cc(NC(=O)c3ccc(N4C[C@@H](C)N[C@H](C)C4)c4nccnc34)cc(Oc3ccn[n+](-c4c(C)nc5c(Oc6ccnnc6)cc(NC(=O)c6ccc(N7C[C@@H](C)N[C@@H](C)C7)c7nccnc67)cn45)c3)c2n1. The smallest absolute Gasteiger partial charge is 0.335 e. The number of piperazine rings is 2. The average molecular weight is 1020 g/mol. The lowest BCUT2D eigenvalue weighted by Crippen LogP contribution is -2.54. The monoisotopic (exact) mass is 1020 g/mol. The highest BCUT2D eigenvalue weighted by molar-refractivity contribution is 6.14. The van der Waals surface area contributed by atoms with Crippen LogP contribution in [0.25, 0.3) is 39.2 Å². The van der Waals surface area contributed by atoms with E-state index < -0.39 is 5.91 Å². The fourth-order valence-corrected chi connectivity index (χ4v) is 10.5. The van der Waals surface area contributed by atoms with E-state index in [0.717, 1.165) is 43.2 Å².